The molecule has 1 heterocycles. The quantitative estimate of drug-likeness (QED) is 0.847. The molecule has 1 atom stereocenters. The van der Waals surface area contributed by atoms with Gasteiger partial charge in [-0.2, -0.15) is 0 Å². The summed E-state index contributed by atoms with van der Waals surface area (Å²) >= 11 is 0. The maximum atomic E-state index is 12.4. The van der Waals surface area contributed by atoms with Crippen LogP contribution < -0.4 is 4.74 Å². The van der Waals surface area contributed by atoms with Crippen LogP contribution in [0.25, 0.3) is 0 Å². The Morgan fingerprint density at radius 2 is 1.75 bits per heavy atom. The van der Waals surface area contributed by atoms with Crippen molar-refractivity contribution >= 4 is 5.91 Å². The summed E-state index contributed by atoms with van der Waals surface area (Å²) in [5.74, 6) is 1.62. The molecule has 0 aromatic heterocycles. The van der Waals surface area contributed by atoms with Crippen molar-refractivity contribution in [3.05, 3.63) is 29.3 Å². The van der Waals surface area contributed by atoms with Crippen LogP contribution in [0.1, 0.15) is 37.8 Å². The maximum Gasteiger partial charge on any atom is 0.263 e. The van der Waals surface area contributed by atoms with Gasteiger partial charge in [-0.05, 0) is 62.8 Å². The zero-order valence-electron chi connectivity index (χ0n) is 13.0. The third-order valence-electron chi connectivity index (χ3n) is 3.95. The molecule has 0 unspecified atom stereocenters. The highest BCUT2D eigenvalue weighted by atomic mass is 16.5. The molecule has 1 saturated heterocycles. The van der Waals surface area contributed by atoms with E-state index in [4.69, 9.17) is 4.74 Å². The summed E-state index contributed by atoms with van der Waals surface area (Å²) in [4.78, 5) is 14.3. The number of benzene rings is 1. The lowest BCUT2D eigenvalue weighted by Gasteiger charge is -2.32. The molecular formula is C17H25NO2. The van der Waals surface area contributed by atoms with Gasteiger partial charge < -0.3 is 9.64 Å². The van der Waals surface area contributed by atoms with E-state index in [1.807, 2.05) is 37.8 Å². The number of likely N-dealkylation sites (tertiary alicyclic amines) is 1. The molecule has 20 heavy (non-hydrogen) atoms. The van der Waals surface area contributed by atoms with Crippen LogP contribution in [-0.4, -0.2) is 30.0 Å². The van der Waals surface area contributed by atoms with Gasteiger partial charge in [0.25, 0.3) is 5.91 Å². The van der Waals surface area contributed by atoms with Crippen LogP contribution in [0.3, 0.4) is 0 Å². The standard InChI is InChI=1S/C17H25NO2/c1-12-5-7-18(8-6-12)17(19)15(4)20-16-10-13(2)9-14(3)11-16/h9-12,15H,5-8H2,1-4H3/t15-/m0/s1. The van der Waals surface area contributed by atoms with Crippen molar-refractivity contribution in [3.8, 4) is 5.75 Å². The number of aryl methyl sites for hydroxylation is 2. The van der Waals surface area contributed by atoms with Crippen molar-refractivity contribution in [2.24, 2.45) is 5.92 Å². The molecule has 2 rings (SSSR count). The number of hydrogen-bond acceptors (Lipinski definition) is 2. The van der Waals surface area contributed by atoms with E-state index >= 15 is 0 Å². The predicted octanol–water partition coefficient (Wildman–Crippen LogP) is 3.33. The number of ether oxygens (including phenoxy) is 1. The van der Waals surface area contributed by atoms with E-state index in [1.54, 1.807) is 0 Å². The zero-order chi connectivity index (χ0) is 14.7. The van der Waals surface area contributed by atoms with Crippen LogP contribution in [-0.2, 0) is 4.79 Å². The molecule has 0 spiro atoms. The molecular weight excluding hydrogens is 250 g/mol. The van der Waals surface area contributed by atoms with Gasteiger partial charge in [-0.3, -0.25) is 4.79 Å². The van der Waals surface area contributed by atoms with Crippen molar-refractivity contribution in [1.29, 1.82) is 0 Å². The average Bonchev–Trinajstić information content (AvgIpc) is 2.37. The molecule has 1 aromatic rings. The van der Waals surface area contributed by atoms with E-state index in [9.17, 15) is 4.79 Å². The van der Waals surface area contributed by atoms with Gasteiger partial charge in [0.05, 0.1) is 0 Å². The smallest absolute Gasteiger partial charge is 0.263 e. The Morgan fingerprint density at radius 1 is 1.20 bits per heavy atom. The highest BCUT2D eigenvalue weighted by Gasteiger charge is 2.25. The first-order valence-electron chi connectivity index (χ1n) is 7.49. The molecule has 3 heteroatoms. The predicted molar refractivity (Wildman–Crippen MR) is 81.0 cm³/mol. The number of piperidine rings is 1. The monoisotopic (exact) mass is 275 g/mol. The Kier molecular flexibility index (Phi) is 4.69. The van der Waals surface area contributed by atoms with Gasteiger partial charge >= 0.3 is 0 Å². The topological polar surface area (TPSA) is 29.5 Å². The van der Waals surface area contributed by atoms with E-state index < -0.39 is 6.10 Å². The summed E-state index contributed by atoms with van der Waals surface area (Å²) in [5, 5.41) is 0. The highest BCUT2D eigenvalue weighted by molar-refractivity contribution is 5.81. The van der Waals surface area contributed by atoms with Crippen LogP contribution in [0.4, 0.5) is 0 Å². The van der Waals surface area contributed by atoms with Crippen molar-refractivity contribution in [2.45, 2.75) is 46.6 Å². The fraction of sp³-hybridized carbons (Fsp3) is 0.588. The number of carbonyl (C=O) groups is 1. The molecule has 1 amide bonds. The van der Waals surface area contributed by atoms with Gasteiger partial charge in [0.2, 0.25) is 0 Å². The van der Waals surface area contributed by atoms with Crippen LogP contribution in [0.5, 0.6) is 5.75 Å². The molecule has 0 bridgehead atoms. The molecule has 0 N–H and O–H groups in total. The molecule has 0 aliphatic carbocycles. The van der Waals surface area contributed by atoms with E-state index in [1.165, 1.54) is 0 Å². The van der Waals surface area contributed by atoms with Gasteiger partial charge in [-0.15, -0.1) is 0 Å². The second-order valence-electron chi connectivity index (χ2n) is 6.09. The molecule has 0 radical (unpaired) electrons. The summed E-state index contributed by atoms with van der Waals surface area (Å²) in [6.07, 6.45) is 1.79. The van der Waals surface area contributed by atoms with Crippen LogP contribution in [0.2, 0.25) is 0 Å². The summed E-state index contributed by atoms with van der Waals surface area (Å²) in [6, 6.07) is 6.06. The number of carbonyl (C=O) groups excluding carboxylic acids is 1. The third-order valence-corrected chi connectivity index (χ3v) is 3.95. The molecule has 1 aliphatic rings. The second-order valence-corrected chi connectivity index (χ2v) is 6.09. The van der Waals surface area contributed by atoms with E-state index in [-0.39, 0.29) is 5.91 Å². The van der Waals surface area contributed by atoms with E-state index in [0.717, 1.165) is 48.7 Å². The van der Waals surface area contributed by atoms with Gasteiger partial charge in [-0.25, -0.2) is 0 Å². The largest absolute Gasteiger partial charge is 0.481 e. The van der Waals surface area contributed by atoms with Crippen molar-refractivity contribution < 1.29 is 9.53 Å². The molecule has 1 aliphatic heterocycles. The molecule has 3 nitrogen and oxygen atoms in total. The van der Waals surface area contributed by atoms with Gasteiger partial charge in [0, 0.05) is 13.1 Å². The summed E-state index contributed by atoms with van der Waals surface area (Å²) < 4.78 is 5.83. The lowest BCUT2D eigenvalue weighted by molar-refractivity contribution is -0.139. The third kappa shape index (κ3) is 3.75. The minimum absolute atomic E-state index is 0.107. The highest BCUT2D eigenvalue weighted by Crippen LogP contribution is 2.20. The van der Waals surface area contributed by atoms with Crippen LogP contribution in [0.15, 0.2) is 18.2 Å². The molecule has 1 aromatic carbocycles. The number of rotatable bonds is 3. The Labute approximate surface area is 121 Å². The minimum Gasteiger partial charge on any atom is -0.481 e. The number of hydrogen-bond donors (Lipinski definition) is 0. The van der Waals surface area contributed by atoms with E-state index in [2.05, 4.69) is 13.0 Å². The lowest BCUT2D eigenvalue weighted by atomic mass is 9.99. The second kappa shape index (κ2) is 6.29. The lowest BCUT2D eigenvalue weighted by Crippen LogP contribution is -2.44. The van der Waals surface area contributed by atoms with Gasteiger partial charge in [-0.1, -0.05) is 13.0 Å². The number of nitrogens with zero attached hydrogens (tertiary/aromatic N) is 1. The summed E-state index contributed by atoms with van der Waals surface area (Å²) in [6.45, 7) is 9.90. The van der Waals surface area contributed by atoms with Gasteiger partial charge in [0.1, 0.15) is 5.75 Å². The maximum absolute atomic E-state index is 12.4. The normalized spacial score (nSPS) is 17.9. The summed E-state index contributed by atoms with van der Waals surface area (Å²) in [5.41, 5.74) is 2.32. The Balaban J connectivity index is 1.97. The SMILES string of the molecule is Cc1cc(C)cc(O[C@@H](C)C(=O)N2CCC(C)CC2)c1. The first-order chi connectivity index (χ1) is 9.45. The van der Waals surface area contributed by atoms with Crippen molar-refractivity contribution in [1.82, 2.24) is 4.90 Å². The molecule has 1 fully saturated rings. The van der Waals surface area contributed by atoms with Crippen molar-refractivity contribution in [3.63, 3.8) is 0 Å². The fourth-order valence-corrected chi connectivity index (χ4v) is 2.74. The van der Waals surface area contributed by atoms with Crippen molar-refractivity contribution in [2.75, 3.05) is 13.1 Å². The van der Waals surface area contributed by atoms with Crippen LogP contribution in [0, 0.1) is 19.8 Å². The number of amides is 1. The summed E-state index contributed by atoms with van der Waals surface area (Å²) in [7, 11) is 0. The minimum atomic E-state index is -0.412. The zero-order valence-corrected chi connectivity index (χ0v) is 13.0. The Morgan fingerprint density at radius 3 is 2.30 bits per heavy atom. The van der Waals surface area contributed by atoms with Gasteiger partial charge in [0.15, 0.2) is 6.10 Å². The Hall–Kier alpha value is -1.51. The molecule has 110 valence electrons. The Bertz CT molecular complexity index is 456. The molecule has 0 saturated carbocycles. The van der Waals surface area contributed by atoms with Crippen LogP contribution >= 0.6 is 0 Å². The first kappa shape index (κ1) is 14.9. The first-order valence-corrected chi connectivity index (χ1v) is 7.49. The van der Waals surface area contributed by atoms with E-state index in [0.29, 0.717) is 0 Å². The average molecular weight is 275 g/mol. The fourth-order valence-electron chi connectivity index (χ4n) is 2.74.